The molecule has 1 aromatic carbocycles. The van der Waals surface area contributed by atoms with Crippen LogP contribution < -0.4 is 0 Å². The predicted molar refractivity (Wildman–Crippen MR) is 47.2 cm³/mol. The molecule has 0 fully saturated rings. The summed E-state index contributed by atoms with van der Waals surface area (Å²) < 4.78 is 0. The van der Waals surface area contributed by atoms with Gasteiger partial charge < -0.3 is 0 Å². The Kier molecular flexibility index (Phi) is 1.66. The number of hydrogen-bond acceptors (Lipinski definition) is 3. The van der Waals surface area contributed by atoms with Gasteiger partial charge in [0.25, 0.3) is 5.69 Å². The Morgan fingerprint density at radius 2 is 2.31 bits per heavy atom. The van der Waals surface area contributed by atoms with Crippen molar-refractivity contribution < 1.29 is 4.92 Å². The number of nitrogens with zero attached hydrogens (tertiary/aromatic N) is 2. The van der Waals surface area contributed by atoms with Gasteiger partial charge in [-0.25, -0.2) is 0 Å². The van der Waals surface area contributed by atoms with Crippen LogP contribution in [0.25, 0.3) is 10.9 Å². The summed E-state index contributed by atoms with van der Waals surface area (Å²) in [7, 11) is 0. The summed E-state index contributed by atoms with van der Waals surface area (Å²) in [5.41, 5.74) is 0.690. The van der Waals surface area contributed by atoms with E-state index in [2.05, 4.69) is 11.1 Å². The second-order valence-corrected chi connectivity index (χ2v) is 2.53. The highest BCUT2D eigenvalue weighted by Gasteiger charge is 2.10. The molecule has 0 N–H and O–H groups in total. The van der Waals surface area contributed by atoms with Crippen LogP contribution in [0.4, 0.5) is 5.69 Å². The van der Waals surface area contributed by atoms with E-state index in [4.69, 9.17) is 0 Å². The lowest BCUT2D eigenvalue weighted by molar-refractivity contribution is -0.383. The van der Waals surface area contributed by atoms with E-state index < -0.39 is 4.92 Å². The molecule has 0 atom stereocenters. The molecule has 1 aromatic heterocycles. The van der Waals surface area contributed by atoms with Crippen LogP contribution in [0, 0.1) is 16.2 Å². The Morgan fingerprint density at radius 3 is 3.08 bits per heavy atom. The van der Waals surface area contributed by atoms with E-state index in [9.17, 15) is 10.1 Å². The van der Waals surface area contributed by atoms with E-state index in [0.717, 1.165) is 0 Å². The van der Waals surface area contributed by atoms with Crippen LogP contribution in [0.15, 0.2) is 30.5 Å². The molecule has 1 radical (unpaired) electrons. The molecule has 0 saturated heterocycles. The van der Waals surface area contributed by atoms with Crippen LogP contribution >= 0.6 is 0 Å². The largest absolute Gasteiger partial charge is 0.280 e. The molecule has 0 spiro atoms. The summed E-state index contributed by atoms with van der Waals surface area (Å²) in [6.07, 6.45) is 1.43. The molecular formula is C9H5N2O2. The monoisotopic (exact) mass is 173 g/mol. The van der Waals surface area contributed by atoms with Crippen molar-refractivity contribution >= 4 is 16.6 Å². The Labute approximate surface area is 74.0 Å². The molecule has 0 saturated carbocycles. The molecule has 63 valence electrons. The van der Waals surface area contributed by atoms with E-state index in [1.165, 1.54) is 12.3 Å². The van der Waals surface area contributed by atoms with E-state index in [0.29, 0.717) is 10.9 Å². The third-order valence-corrected chi connectivity index (χ3v) is 1.76. The summed E-state index contributed by atoms with van der Waals surface area (Å²) in [5.74, 6) is 0. The normalized spacial score (nSPS) is 10.2. The van der Waals surface area contributed by atoms with Gasteiger partial charge in [0.15, 0.2) is 0 Å². The van der Waals surface area contributed by atoms with Crippen LogP contribution in [0.2, 0.25) is 0 Å². The molecule has 4 nitrogen and oxygen atoms in total. The summed E-state index contributed by atoms with van der Waals surface area (Å²) in [4.78, 5) is 14.2. The third kappa shape index (κ3) is 1.22. The maximum atomic E-state index is 10.6. The maximum absolute atomic E-state index is 10.6. The van der Waals surface area contributed by atoms with Crippen molar-refractivity contribution in [1.29, 1.82) is 0 Å². The number of nitro groups is 1. The fraction of sp³-hybridized carbons (Fsp3) is 0. The Hall–Kier alpha value is -1.97. The van der Waals surface area contributed by atoms with Crippen molar-refractivity contribution in [3.63, 3.8) is 0 Å². The molecule has 0 amide bonds. The van der Waals surface area contributed by atoms with E-state index in [1.807, 2.05) is 0 Å². The molecule has 0 aliphatic carbocycles. The summed E-state index contributed by atoms with van der Waals surface area (Å²) in [5, 5.41) is 11.1. The van der Waals surface area contributed by atoms with Crippen molar-refractivity contribution in [2.45, 2.75) is 0 Å². The highest BCUT2D eigenvalue weighted by atomic mass is 16.6. The maximum Gasteiger partial charge on any atom is 0.280 e. The van der Waals surface area contributed by atoms with Gasteiger partial charge in [-0.05, 0) is 18.2 Å². The lowest BCUT2D eigenvalue weighted by atomic mass is 10.2. The first kappa shape index (κ1) is 7.67. The van der Waals surface area contributed by atoms with Crippen LogP contribution in [0.1, 0.15) is 0 Å². The van der Waals surface area contributed by atoms with Crippen molar-refractivity contribution in [2.75, 3.05) is 0 Å². The SMILES string of the molecule is O=[N+]([O-])c1ccnc2cc[c]cc12. The first-order valence-electron chi connectivity index (χ1n) is 3.68. The lowest BCUT2D eigenvalue weighted by Gasteiger charge is -1.96. The smallest absolute Gasteiger partial charge is 0.258 e. The Balaban J connectivity index is 2.83. The zero-order valence-corrected chi connectivity index (χ0v) is 6.60. The molecule has 0 unspecified atom stereocenters. The average molecular weight is 173 g/mol. The molecule has 4 heteroatoms. The van der Waals surface area contributed by atoms with Crippen molar-refractivity contribution in [2.24, 2.45) is 0 Å². The highest BCUT2D eigenvalue weighted by Crippen LogP contribution is 2.22. The minimum Gasteiger partial charge on any atom is -0.258 e. The Bertz CT molecular complexity index is 463. The standard InChI is InChI=1S/C9H5N2O2/c12-11(13)9-5-6-10-8-4-2-1-3-7(8)9/h2-6H. The van der Waals surface area contributed by atoms with Gasteiger partial charge in [0.2, 0.25) is 0 Å². The van der Waals surface area contributed by atoms with Crippen LogP contribution in [0.3, 0.4) is 0 Å². The van der Waals surface area contributed by atoms with Crippen molar-refractivity contribution in [3.8, 4) is 0 Å². The second kappa shape index (κ2) is 2.82. The number of benzene rings is 1. The van der Waals surface area contributed by atoms with Gasteiger partial charge >= 0.3 is 0 Å². The van der Waals surface area contributed by atoms with Gasteiger partial charge in [0.05, 0.1) is 15.8 Å². The molecule has 0 bridgehead atoms. The van der Waals surface area contributed by atoms with Gasteiger partial charge in [0, 0.05) is 12.3 Å². The lowest BCUT2D eigenvalue weighted by Crippen LogP contribution is -1.90. The highest BCUT2D eigenvalue weighted by molar-refractivity contribution is 5.87. The molecule has 0 aliphatic heterocycles. The number of rotatable bonds is 1. The zero-order chi connectivity index (χ0) is 9.26. The number of fused-ring (bicyclic) bond motifs is 1. The van der Waals surface area contributed by atoms with Crippen molar-refractivity contribution in [3.05, 3.63) is 46.6 Å². The van der Waals surface area contributed by atoms with Gasteiger partial charge in [-0.15, -0.1) is 0 Å². The van der Waals surface area contributed by atoms with Gasteiger partial charge in [0.1, 0.15) is 0 Å². The van der Waals surface area contributed by atoms with Gasteiger partial charge in [-0.3, -0.25) is 15.1 Å². The molecule has 2 aromatic rings. The number of pyridine rings is 1. The fourth-order valence-electron chi connectivity index (χ4n) is 1.18. The van der Waals surface area contributed by atoms with E-state index >= 15 is 0 Å². The van der Waals surface area contributed by atoms with Crippen LogP contribution in [-0.4, -0.2) is 9.91 Å². The summed E-state index contributed by atoms with van der Waals surface area (Å²) in [6, 6.07) is 9.12. The molecule has 13 heavy (non-hydrogen) atoms. The minimum atomic E-state index is -0.419. The topological polar surface area (TPSA) is 56.0 Å². The molecule has 2 rings (SSSR count). The number of hydrogen-bond donors (Lipinski definition) is 0. The molecule has 0 aliphatic rings. The first-order chi connectivity index (χ1) is 6.29. The fourth-order valence-corrected chi connectivity index (χ4v) is 1.18. The molecular weight excluding hydrogens is 168 g/mol. The number of aromatic nitrogens is 1. The predicted octanol–water partition coefficient (Wildman–Crippen LogP) is 1.94. The average Bonchev–Trinajstić information content (AvgIpc) is 2.17. The van der Waals surface area contributed by atoms with Gasteiger partial charge in [-0.2, -0.15) is 0 Å². The van der Waals surface area contributed by atoms with Crippen molar-refractivity contribution in [1.82, 2.24) is 4.98 Å². The third-order valence-electron chi connectivity index (χ3n) is 1.76. The first-order valence-corrected chi connectivity index (χ1v) is 3.68. The molecule has 1 heterocycles. The van der Waals surface area contributed by atoms with Gasteiger partial charge in [-0.1, -0.05) is 6.07 Å². The second-order valence-electron chi connectivity index (χ2n) is 2.53. The summed E-state index contributed by atoms with van der Waals surface area (Å²) >= 11 is 0. The summed E-state index contributed by atoms with van der Waals surface area (Å²) in [6.45, 7) is 0. The van der Waals surface area contributed by atoms with Crippen LogP contribution in [-0.2, 0) is 0 Å². The minimum absolute atomic E-state index is 0.0712. The van der Waals surface area contributed by atoms with Crippen LogP contribution in [0.5, 0.6) is 0 Å². The van der Waals surface area contributed by atoms with E-state index in [-0.39, 0.29) is 5.69 Å². The zero-order valence-electron chi connectivity index (χ0n) is 6.60. The Morgan fingerprint density at radius 1 is 1.46 bits per heavy atom. The van der Waals surface area contributed by atoms with E-state index in [1.54, 1.807) is 18.2 Å². The quantitative estimate of drug-likeness (QED) is 0.489.